The number of amides is 1. The Balaban J connectivity index is 1.95. The fraction of sp³-hybridized carbons (Fsp3) is 0.333. The zero-order valence-corrected chi connectivity index (χ0v) is 13.3. The van der Waals surface area contributed by atoms with E-state index in [1.54, 1.807) is 12.1 Å². The maximum Gasteiger partial charge on any atom is 0.338 e. The van der Waals surface area contributed by atoms with Crippen LogP contribution in [0.1, 0.15) is 16.8 Å². The van der Waals surface area contributed by atoms with Gasteiger partial charge in [0.25, 0.3) is 5.91 Å². The Labute approximate surface area is 135 Å². The maximum atomic E-state index is 11.8. The van der Waals surface area contributed by atoms with E-state index in [1.165, 1.54) is 22.5 Å². The number of hydrogen-bond acceptors (Lipinski definition) is 5. The van der Waals surface area contributed by atoms with Crippen LogP contribution in [-0.4, -0.2) is 45.7 Å². The number of rotatable bonds is 6. The molecule has 1 heterocycles. The van der Waals surface area contributed by atoms with Crippen LogP contribution in [0.2, 0.25) is 0 Å². The van der Waals surface area contributed by atoms with Crippen molar-refractivity contribution in [3.05, 3.63) is 42.5 Å². The van der Waals surface area contributed by atoms with Crippen molar-refractivity contribution in [3.63, 3.8) is 0 Å². The number of esters is 1. The van der Waals surface area contributed by atoms with E-state index in [9.17, 15) is 18.0 Å². The number of carbonyl (C=O) groups is 2. The smallest absolute Gasteiger partial charge is 0.338 e. The molecule has 0 bridgehead atoms. The molecule has 1 saturated heterocycles. The lowest BCUT2D eigenvalue weighted by molar-refractivity contribution is -0.124. The van der Waals surface area contributed by atoms with Crippen molar-refractivity contribution in [2.24, 2.45) is 0 Å². The van der Waals surface area contributed by atoms with Crippen molar-refractivity contribution in [2.45, 2.75) is 6.42 Å². The highest BCUT2D eigenvalue weighted by molar-refractivity contribution is 7.93. The third-order valence-electron chi connectivity index (χ3n) is 3.27. The lowest BCUT2D eigenvalue weighted by Gasteiger charge is -2.16. The molecule has 23 heavy (non-hydrogen) atoms. The highest BCUT2D eigenvalue weighted by Crippen LogP contribution is 2.24. The first kappa shape index (κ1) is 17.0. The number of nitrogens with one attached hydrogen (secondary N) is 1. The molecular formula is C15H18N2O5S. The summed E-state index contributed by atoms with van der Waals surface area (Å²) >= 11 is 0. The molecule has 8 heteroatoms. The molecule has 0 radical (unpaired) electrons. The van der Waals surface area contributed by atoms with E-state index in [0.717, 1.165) is 0 Å². The highest BCUT2D eigenvalue weighted by atomic mass is 32.2. The first-order chi connectivity index (χ1) is 10.9. The molecule has 0 atom stereocenters. The van der Waals surface area contributed by atoms with Gasteiger partial charge in [0.05, 0.1) is 17.0 Å². The summed E-state index contributed by atoms with van der Waals surface area (Å²) in [6.45, 7) is 3.82. The van der Waals surface area contributed by atoms with Crippen LogP contribution in [0.5, 0.6) is 0 Å². The molecule has 0 aliphatic carbocycles. The minimum absolute atomic E-state index is 0.136. The SMILES string of the molecule is C=CCNC(=O)COC(=O)c1ccc(N2CCCS2(=O)=O)cc1. The molecule has 1 aromatic rings. The van der Waals surface area contributed by atoms with Crippen molar-refractivity contribution in [2.75, 3.05) is 29.8 Å². The summed E-state index contributed by atoms with van der Waals surface area (Å²) in [5, 5.41) is 2.49. The van der Waals surface area contributed by atoms with E-state index < -0.39 is 21.9 Å². The van der Waals surface area contributed by atoms with Crippen LogP contribution in [0.25, 0.3) is 0 Å². The maximum absolute atomic E-state index is 11.8. The van der Waals surface area contributed by atoms with Gasteiger partial charge in [-0.2, -0.15) is 0 Å². The Kier molecular flexibility index (Phi) is 5.38. The van der Waals surface area contributed by atoms with E-state index in [-0.39, 0.29) is 17.9 Å². The van der Waals surface area contributed by atoms with Gasteiger partial charge in [-0.1, -0.05) is 6.08 Å². The van der Waals surface area contributed by atoms with Gasteiger partial charge < -0.3 is 10.1 Å². The molecule has 2 rings (SSSR count). The summed E-state index contributed by atoms with van der Waals surface area (Å²) in [5.41, 5.74) is 0.768. The second-order valence-corrected chi connectivity index (χ2v) is 6.97. The number of hydrogen-bond donors (Lipinski definition) is 1. The van der Waals surface area contributed by atoms with Crippen molar-refractivity contribution < 1.29 is 22.7 Å². The van der Waals surface area contributed by atoms with Gasteiger partial charge in [-0.15, -0.1) is 6.58 Å². The average Bonchev–Trinajstić information content (AvgIpc) is 2.90. The lowest BCUT2D eigenvalue weighted by Crippen LogP contribution is -2.28. The predicted octanol–water partition coefficient (Wildman–Crippen LogP) is 0.685. The minimum atomic E-state index is -3.25. The van der Waals surface area contributed by atoms with Crippen LogP contribution in [-0.2, 0) is 19.6 Å². The van der Waals surface area contributed by atoms with Crippen LogP contribution in [0.4, 0.5) is 5.69 Å². The quantitative estimate of drug-likeness (QED) is 0.608. The van der Waals surface area contributed by atoms with Gasteiger partial charge in [0.1, 0.15) is 0 Å². The minimum Gasteiger partial charge on any atom is -0.452 e. The zero-order chi connectivity index (χ0) is 16.9. The van der Waals surface area contributed by atoms with Gasteiger partial charge in [0, 0.05) is 13.1 Å². The zero-order valence-electron chi connectivity index (χ0n) is 12.5. The molecule has 124 valence electrons. The topological polar surface area (TPSA) is 92.8 Å². The Bertz CT molecular complexity index is 697. The third-order valence-corrected chi connectivity index (χ3v) is 5.14. The molecule has 7 nitrogen and oxygen atoms in total. The summed E-state index contributed by atoms with van der Waals surface area (Å²) < 4.78 is 29.9. The van der Waals surface area contributed by atoms with Gasteiger partial charge in [-0.3, -0.25) is 9.10 Å². The monoisotopic (exact) mass is 338 g/mol. The number of anilines is 1. The van der Waals surface area contributed by atoms with Crippen LogP contribution in [0.15, 0.2) is 36.9 Å². The van der Waals surface area contributed by atoms with Gasteiger partial charge in [0.15, 0.2) is 6.61 Å². The second kappa shape index (κ2) is 7.28. The number of carbonyl (C=O) groups excluding carboxylic acids is 2. The first-order valence-electron chi connectivity index (χ1n) is 7.09. The highest BCUT2D eigenvalue weighted by Gasteiger charge is 2.28. The molecule has 0 unspecified atom stereocenters. The molecule has 1 fully saturated rings. The summed E-state index contributed by atoms with van der Waals surface area (Å²) in [6.07, 6.45) is 2.11. The van der Waals surface area contributed by atoms with E-state index in [1.807, 2.05) is 0 Å². The number of sulfonamides is 1. The summed E-state index contributed by atoms with van der Waals surface area (Å²) in [6, 6.07) is 6.06. The van der Waals surface area contributed by atoms with Crippen LogP contribution in [0, 0.1) is 0 Å². The van der Waals surface area contributed by atoms with E-state index >= 15 is 0 Å². The van der Waals surface area contributed by atoms with E-state index in [0.29, 0.717) is 25.2 Å². The predicted molar refractivity (Wildman–Crippen MR) is 85.7 cm³/mol. The summed E-state index contributed by atoms with van der Waals surface area (Å²) in [5.74, 6) is -0.927. The van der Waals surface area contributed by atoms with E-state index in [2.05, 4.69) is 11.9 Å². The molecule has 1 N–H and O–H groups in total. The normalized spacial score (nSPS) is 15.9. The van der Waals surface area contributed by atoms with Crippen molar-refractivity contribution in [3.8, 4) is 0 Å². The molecule has 1 aliphatic rings. The first-order valence-corrected chi connectivity index (χ1v) is 8.70. The van der Waals surface area contributed by atoms with Crippen LogP contribution >= 0.6 is 0 Å². The Morgan fingerprint density at radius 2 is 2.00 bits per heavy atom. The molecule has 1 amide bonds. The molecule has 0 saturated carbocycles. The average molecular weight is 338 g/mol. The van der Waals surface area contributed by atoms with Crippen LogP contribution in [0.3, 0.4) is 0 Å². The number of nitrogens with zero attached hydrogens (tertiary/aromatic N) is 1. The molecule has 1 aromatic carbocycles. The molecule has 0 aromatic heterocycles. The van der Waals surface area contributed by atoms with Crippen LogP contribution < -0.4 is 9.62 Å². The molecule has 0 spiro atoms. The van der Waals surface area contributed by atoms with Crippen molar-refractivity contribution in [1.29, 1.82) is 0 Å². The summed E-state index contributed by atoms with van der Waals surface area (Å²) in [4.78, 5) is 23.2. The fourth-order valence-electron chi connectivity index (χ4n) is 2.14. The van der Waals surface area contributed by atoms with E-state index in [4.69, 9.17) is 4.74 Å². The van der Waals surface area contributed by atoms with Gasteiger partial charge in [0.2, 0.25) is 10.0 Å². The number of benzene rings is 1. The fourth-order valence-corrected chi connectivity index (χ4v) is 3.71. The number of ether oxygens (including phenoxy) is 1. The molecule has 1 aliphatic heterocycles. The lowest BCUT2D eigenvalue weighted by atomic mass is 10.2. The standard InChI is InChI=1S/C15H18N2O5S/c1-2-8-16-14(18)11-22-15(19)12-4-6-13(7-5-12)17-9-3-10-23(17,20)21/h2,4-7H,1,3,8-11H2,(H,16,18). The Hall–Kier alpha value is -2.35. The largest absolute Gasteiger partial charge is 0.452 e. The van der Waals surface area contributed by atoms with Crippen molar-refractivity contribution in [1.82, 2.24) is 5.32 Å². The van der Waals surface area contributed by atoms with Crippen molar-refractivity contribution >= 4 is 27.6 Å². The molecular weight excluding hydrogens is 320 g/mol. The third kappa shape index (κ3) is 4.32. The Morgan fingerprint density at radius 3 is 2.57 bits per heavy atom. The summed E-state index contributed by atoms with van der Waals surface area (Å²) in [7, 11) is -3.25. The Morgan fingerprint density at radius 1 is 1.30 bits per heavy atom. The second-order valence-electron chi connectivity index (χ2n) is 4.96. The van der Waals surface area contributed by atoms with Gasteiger partial charge in [-0.25, -0.2) is 13.2 Å². The van der Waals surface area contributed by atoms with Gasteiger partial charge >= 0.3 is 5.97 Å². The van der Waals surface area contributed by atoms with Gasteiger partial charge in [-0.05, 0) is 30.7 Å².